The number of aryl methyl sites for hydroxylation is 1. The molecule has 2 aromatic carbocycles. The number of aromatic nitrogens is 4. The van der Waals surface area contributed by atoms with E-state index in [4.69, 9.17) is 9.72 Å². The fraction of sp³-hybridized carbons (Fsp3) is 0.357. The summed E-state index contributed by atoms with van der Waals surface area (Å²) < 4.78 is 33.8. The van der Waals surface area contributed by atoms with Crippen LogP contribution in [0.3, 0.4) is 0 Å². The molecular formula is C28H30F2N6O4. The van der Waals surface area contributed by atoms with Crippen LogP contribution in [0, 0.1) is 6.92 Å². The van der Waals surface area contributed by atoms with Crippen LogP contribution in [0.25, 0.3) is 22.0 Å². The molecule has 1 aliphatic rings. The van der Waals surface area contributed by atoms with Gasteiger partial charge in [0.1, 0.15) is 12.4 Å². The van der Waals surface area contributed by atoms with Gasteiger partial charge in [-0.2, -0.15) is 8.78 Å². The number of para-hydroxylation sites is 1. The minimum Gasteiger partial charge on any atom is -0.434 e. The average Bonchev–Trinajstić information content (AvgIpc) is 3.17. The number of carbonyl (C=O) groups is 1. The third-order valence-corrected chi connectivity index (χ3v) is 7.31. The molecule has 0 unspecified atom stereocenters. The summed E-state index contributed by atoms with van der Waals surface area (Å²) in [5.41, 5.74) is 3.28. The number of halogens is 2. The summed E-state index contributed by atoms with van der Waals surface area (Å²) in [5, 5.41) is 9.70. The fourth-order valence-corrected chi connectivity index (χ4v) is 5.23. The second-order valence-electron chi connectivity index (χ2n) is 9.81. The van der Waals surface area contributed by atoms with Crippen LogP contribution < -0.4 is 15.2 Å². The number of hydrogen-bond acceptors (Lipinski definition) is 7. The van der Waals surface area contributed by atoms with Crippen molar-refractivity contribution in [3.8, 4) is 16.9 Å². The molecule has 1 amide bonds. The SMILES string of the molecule is Cc1nc(N2CCN(C(=O)CO)[C@H](C)C2)ncc1-c1ccc2c(=O)n(C)n(Cc3ccccc3OC(F)F)c2c1. The Labute approximate surface area is 229 Å². The van der Waals surface area contributed by atoms with E-state index in [1.54, 1.807) is 47.1 Å². The van der Waals surface area contributed by atoms with Crippen LogP contribution in [0.2, 0.25) is 0 Å². The number of carbonyl (C=O) groups excluding carboxylic acids is 1. The number of piperazine rings is 1. The van der Waals surface area contributed by atoms with E-state index in [1.807, 2.05) is 30.9 Å². The summed E-state index contributed by atoms with van der Waals surface area (Å²) >= 11 is 0. The number of anilines is 1. The minimum atomic E-state index is -2.96. The lowest BCUT2D eigenvalue weighted by atomic mass is 10.0. The van der Waals surface area contributed by atoms with Crippen molar-refractivity contribution in [1.29, 1.82) is 0 Å². The normalized spacial score (nSPS) is 15.7. The minimum absolute atomic E-state index is 0.0543. The van der Waals surface area contributed by atoms with Crippen molar-refractivity contribution in [2.45, 2.75) is 33.0 Å². The standard InChI is InChI=1S/C28H30F2N6O4/c1-17-14-34(10-11-35(17)25(38)16-37)28-31-13-22(18(2)32-28)19-8-9-21-23(12-19)36(33(3)26(21)39)15-20-6-4-5-7-24(20)40-27(29)30/h4-9,12-13,17,27,37H,10-11,14-16H2,1-3H3/t17-/m1/s1. The van der Waals surface area contributed by atoms with Crippen molar-refractivity contribution in [3.05, 3.63) is 70.3 Å². The highest BCUT2D eigenvalue weighted by Gasteiger charge is 2.28. The van der Waals surface area contributed by atoms with Crippen molar-refractivity contribution < 1.29 is 23.4 Å². The molecule has 0 bridgehead atoms. The van der Waals surface area contributed by atoms with Gasteiger partial charge in [0.25, 0.3) is 5.56 Å². The van der Waals surface area contributed by atoms with Crippen molar-refractivity contribution in [2.24, 2.45) is 7.05 Å². The van der Waals surface area contributed by atoms with Crippen molar-refractivity contribution >= 4 is 22.8 Å². The zero-order chi connectivity index (χ0) is 28.6. The van der Waals surface area contributed by atoms with E-state index < -0.39 is 13.2 Å². The predicted molar refractivity (Wildman–Crippen MR) is 146 cm³/mol. The zero-order valence-corrected chi connectivity index (χ0v) is 22.4. The number of nitrogens with zero attached hydrogens (tertiary/aromatic N) is 6. The number of hydrogen-bond donors (Lipinski definition) is 1. The molecule has 4 aromatic rings. The Kier molecular flexibility index (Phi) is 7.53. The van der Waals surface area contributed by atoms with Gasteiger partial charge in [-0.15, -0.1) is 0 Å². The van der Waals surface area contributed by atoms with E-state index >= 15 is 0 Å². The Bertz CT molecular complexity index is 1620. The van der Waals surface area contributed by atoms with Gasteiger partial charge in [-0.3, -0.25) is 19.0 Å². The van der Waals surface area contributed by atoms with Crippen LogP contribution in [0.4, 0.5) is 14.7 Å². The van der Waals surface area contributed by atoms with Gasteiger partial charge in [0.2, 0.25) is 11.9 Å². The smallest absolute Gasteiger partial charge is 0.387 e. The second-order valence-corrected chi connectivity index (χ2v) is 9.81. The van der Waals surface area contributed by atoms with Crippen LogP contribution >= 0.6 is 0 Å². The molecule has 12 heteroatoms. The lowest BCUT2D eigenvalue weighted by molar-refractivity contribution is -0.136. The molecule has 0 saturated carbocycles. The Morgan fingerprint density at radius 1 is 1.20 bits per heavy atom. The van der Waals surface area contributed by atoms with Gasteiger partial charge in [0.05, 0.1) is 23.1 Å². The van der Waals surface area contributed by atoms with E-state index in [1.165, 1.54) is 10.7 Å². The maximum atomic E-state index is 13.0. The topological polar surface area (TPSA) is 106 Å². The number of benzene rings is 2. The number of amides is 1. The Morgan fingerprint density at radius 2 is 1.98 bits per heavy atom. The van der Waals surface area contributed by atoms with Gasteiger partial charge in [-0.1, -0.05) is 24.3 Å². The highest BCUT2D eigenvalue weighted by atomic mass is 19.3. The van der Waals surface area contributed by atoms with Crippen LogP contribution in [-0.2, 0) is 18.4 Å². The molecule has 40 heavy (non-hydrogen) atoms. The van der Waals surface area contributed by atoms with Gasteiger partial charge < -0.3 is 19.6 Å². The monoisotopic (exact) mass is 552 g/mol. The maximum Gasteiger partial charge on any atom is 0.387 e. The maximum absolute atomic E-state index is 13.0. The third-order valence-electron chi connectivity index (χ3n) is 7.31. The summed E-state index contributed by atoms with van der Waals surface area (Å²) in [7, 11) is 1.64. The first-order valence-corrected chi connectivity index (χ1v) is 12.9. The first-order chi connectivity index (χ1) is 19.2. The molecule has 1 N–H and O–H groups in total. The molecule has 210 valence electrons. The van der Waals surface area contributed by atoms with Gasteiger partial charge >= 0.3 is 6.61 Å². The van der Waals surface area contributed by atoms with Gasteiger partial charge in [-0.25, -0.2) is 9.97 Å². The van der Waals surface area contributed by atoms with E-state index in [9.17, 15) is 23.5 Å². The van der Waals surface area contributed by atoms with Crippen LogP contribution in [0.5, 0.6) is 5.75 Å². The molecule has 1 atom stereocenters. The number of aliphatic hydroxyl groups is 1. The second kappa shape index (κ2) is 11.0. The first kappa shape index (κ1) is 27.3. The fourth-order valence-electron chi connectivity index (χ4n) is 5.23. The number of fused-ring (bicyclic) bond motifs is 1. The first-order valence-electron chi connectivity index (χ1n) is 12.9. The lowest BCUT2D eigenvalue weighted by Gasteiger charge is -2.39. The number of rotatable bonds is 7. The van der Waals surface area contributed by atoms with Crippen molar-refractivity contribution in [2.75, 3.05) is 31.1 Å². The Morgan fingerprint density at radius 3 is 2.67 bits per heavy atom. The van der Waals surface area contributed by atoms with Crippen LogP contribution in [0.15, 0.2) is 53.5 Å². The summed E-state index contributed by atoms with van der Waals surface area (Å²) in [5.74, 6) is 0.315. The van der Waals surface area contributed by atoms with E-state index in [0.29, 0.717) is 42.0 Å². The molecule has 1 fully saturated rings. The molecule has 2 aromatic heterocycles. The van der Waals surface area contributed by atoms with Gasteiger partial charge in [-0.05, 0) is 37.6 Å². The summed E-state index contributed by atoms with van der Waals surface area (Å²) in [4.78, 5) is 37.9. The molecule has 3 heterocycles. The number of aliphatic hydroxyl groups excluding tert-OH is 1. The molecule has 0 radical (unpaired) electrons. The molecule has 1 aliphatic heterocycles. The Hall–Kier alpha value is -4.32. The third kappa shape index (κ3) is 5.14. The Balaban J connectivity index is 1.46. The summed E-state index contributed by atoms with van der Waals surface area (Å²) in [6.07, 6.45) is 1.74. The molecule has 0 spiro atoms. The van der Waals surface area contributed by atoms with E-state index in [0.717, 1.165) is 16.8 Å². The quantitative estimate of drug-likeness (QED) is 0.376. The van der Waals surface area contributed by atoms with Crippen molar-refractivity contribution in [3.63, 3.8) is 0 Å². The summed E-state index contributed by atoms with van der Waals surface area (Å²) in [6.45, 7) is 2.06. The highest BCUT2D eigenvalue weighted by molar-refractivity contribution is 5.85. The van der Waals surface area contributed by atoms with Gasteiger partial charge in [0.15, 0.2) is 0 Å². The number of ether oxygens (including phenoxy) is 1. The molecule has 0 aliphatic carbocycles. The predicted octanol–water partition coefficient (Wildman–Crippen LogP) is 2.78. The van der Waals surface area contributed by atoms with Crippen LogP contribution in [-0.4, -0.2) is 74.1 Å². The average molecular weight is 553 g/mol. The van der Waals surface area contributed by atoms with E-state index in [2.05, 4.69) is 4.98 Å². The molecule has 1 saturated heterocycles. The van der Waals surface area contributed by atoms with Crippen molar-refractivity contribution in [1.82, 2.24) is 24.2 Å². The molecule has 5 rings (SSSR count). The zero-order valence-electron chi connectivity index (χ0n) is 22.4. The molecular weight excluding hydrogens is 522 g/mol. The lowest BCUT2D eigenvalue weighted by Crippen LogP contribution is -2.55. The summed E-state index contributed by atoms with van der Waals surface area (Å²) in [6, 6.07) is 11.9. The molecule has 10 nitrogen and oxygen atoms in total. The van der Waals surface area contributed by atoms with E-state index in [-0.39, 0.29) is 29.8 Å². The van der Waals surface area contributed by atoms with Crippen LogP contribution in [0.1, 0.15) is 18.2 Å². The van der Waals surface area contributed by atoms with Gasteiger partial charge in [0, 0.05) is 50.0 Å². The largest absolute Gasteiger partial charge is 0.434 e. The highest BCUT2D eigenvalue weighted by Crippen LogP contribution is 2.28. The number of alkyl halides is 2.